The minimum atomic E-state index is -1.56. The van der Waals surface area contributed by atoms with Gasteiger partial charge in [-0.3, -0.25) is 9.59 Å². The van der Waals surface area contributed by atoms with Crippen LogP contribution < -0.4 is 14.9 Å². The summed E-state index contributed by atoms with van der Waals surface area (Å²) in [6, 6.07) is 38.2. The van der Waals surface area contributed by atoms with Crippen molar-refractivity contribution in [2.45, 2.75) is 83.2 Å². The van der Waals surface area contributed by atoms with Crippen LogP contribution in [0.15, 0.2) is 124 Å². The molecule has 0 radical (unpaired) electrons. The second-order valence-electron chi connectivity index (χ2n) is 16.2. The molecule has 63 heavy (non-hydrogen) atoms. The number of likely N-dealkylation sites (tertiary alicyclic amines) is 1. The predicted molar refractivity (Wildman–Crippen MR) is 244 cm³/mol. The van der Waals surface area contributed by atoms with Gasteiger partial charge in [0, 0.05) is 31.1 Å². The third-order valence-corrected chi connectivity index (χ3v) is 13.5. The van der Waals surface area contributed by atoms with Crippen molar-refractivity contribution >= 4 is 25.5 Å². The number of amides is 1. The van der Waals surface area contributed by atoms with Crippen LogP contribution in [0.25, 0.3) is 22.6 Å². The summed E-state index contributed by atoms with van der Waals surface area (Å²) in [7, 11) is 1.73. The van der Waals surface area contributed by atoms with Crippen LogP contribution in [0.5, 0.6) is 11.5 Å². The summed E-state index contributed by atoms with van der Waals surface area (Å²) in [5.74, 6) is 1.83. The number of carbonyl (C=O) groups is 1. The van der Waals surface area contributed by atoms with Crippen LogP contribution in [0.4, 0.5) is 0 Å². The smallest absolute Gasteiger partial charge is 0.259 e. The number of hydrogen-bond acceptors (Lipinski definition) is 11. The molecule has 0 N–H and O–H groups in total. The van der Waals surface area contributed by atoms with Gasteiger partial charge < -0.3 is 32.6 Å². The maximum Gasteiger partial charge on any atom is 0.259 e. The Morgan fingerprint density at radius 2 is 1.54 bits per heavy atom. The third kappa shape index (κ3) is 10.4. The highest BCUT2D eigenvalue weighted by Gasteiger charge is 2.43. The number of aryl methyl sites for hydroxylation is 1. The summed E-state index contributed by atoms with van der Waals surface area (Å²) in [5.41, 5.74) is 4.18. The van der Waals surface area contributed by atoms with Gasteiger partial charge in [-0.05, 0) is 111 Å². The van der Waals surface area contributed by atoms with Gasteiger partial charge in [-0.2, -0.15) is 5.26 Å². The lowest BCUT2D eigenvalue weighted by molar-refractivity contribution is -0.134. The van der Waals surface area contributed by atoms with E-state index in [2.05, 4.69) is 50.6 Å². The lowest BCUT2D eigenvalue weighted by Gasteiger charge is -2.38. The van der Waals surface area contributed by atoms with E-state index in [0.717, 1.165) is 33.8 Å². The molecule has 2 aliphatic heterocycles. The van der Waals surface area contributed by atoms with Gasteiger partial charge in [0.25, 0.3) is 8.53 Å². The molecular formula is C50H55N4O8P. The molecule has 0 bridgehead atoms. The van der Waals surface area contributed by atoms with Crippen molar-refractivity contribution in [3.8, 4) is 29.0 Å². The van der Waals surface area contributed by atoms with E-state index in [1.807, 2.05) is 89.8 Å². The van der Waals surface area contributed by atoms with E-state index in [1.54, 1.807) is 20.3 Å². The summed E-state index contributed by atoms with van der Waals surface area (Å²) in [4.78, 5) is 33.2. The number of nitrogens with zero attached hydrogens (tertiary/aromatic N) is 4. The third-order valence-electron chi connectivity index (χ3n) is 11.3. The fraction of sp³-hybridized carbons (Fsp3) is 0.360. The maximum absolute atomic E-state index is 14.6. The summed E-state index contributed by atoms with van der Waals surface area (Å²) < 4.78 is 39.9. The summed E-state index contributed by atoms with van der Waals surface area (Å²) >= 11 is 0. The SMILES string of the molecule is COc1ccc(C(OC[C@@H]2C[C@@H](OP(OCCC#N)N(C(C)C)C(C)C)CN2C(=O)CCc2ccc3oc4cc(=O)ccc-4nc3c2)(c2ccccc2)c2ccc(OC)cc2)cc1. The Bertz CT molecular complexity index is 2450. The first-order chi connectivity index (χ1) is 30.5. The molecule has 4 aromatic carbocycles. The van der Waals surface area contributed by atoms with Gasteiger partial charge in [0.05, 0.1) is 52.1 Å². The number of ether oxygens (including phenoxy) is 3. The van der Waals surface area contributed by atoms with Gasteiger partial charge in [-0.25, -0.2) is 9.65 Å². The van der Waals surface area contributed by atoms with E-state index in [9.17, 15) is 14.9 Å². The highest BCUT2D eigenvalue weighted by molar-refractivity contribution is 7.44. The Morgan fingerprint density at radius 1 is 0.889 bits per heavy atom. The zero-order chi connectivity index (χ0) is 44.5. The molecular weight excluding hydrogens is 816 g/mol. The van der Waals surface area contributed by atoms with Gasteiger partial charge in [0.15, 0.2) is 16.8 Å². The Balaban J connectivity index is 1.22. The molecule has 328 valence electrons. The van der Waals surface area contributed by atoms with E-state index in [4.69, 9.17) is 32.7 Å². The highest BCUT2D eigenvalue weighted by atomic mass is 31.2. The zero-order valence-electron chi connectivity index (χ0n) is 36.7. The molecule has 1 aliphatic carbocycles. The van der Waals surface area contributed by atoms with E-state index in [0.29, 0.717) is 41.9 Å². The highest BCUT2D eigenvalue weighted by Crippen LogP contribution is 2.49. The van der Waals surface area contributed by atoms with Crippen LogP contribution >= 0.6 is 8.53 Å². The number of hydrogen-bond donors (Lipinski definition) is 0. The van der Waals surface area contributed by atoms with Crippen LogP contribution in [-0.4, -0.2) is 78.7 Å². The molecule has 0 saturated carbocycles. The van der Waals surface area contributed by atoms with Crippen molar-refractivity contribution in [1.29, 1.82) is 5.26 Å². The molecule has 0 spiro atoms. The molecule has 2 heterocycles. The number of carbonyl (C=O) groups excluding carboxylic acids is 1. The van der Waals surface area contributed by atoms with Crippen LogP contribution in [0.3, 0.4) is 0 Å². The van der Waals surface area contributed by atoms with Gasteiger partial charge in [-0.15, -0.1) is 0 Å². The number of nitriles is 1. The van der Waals surface area contributed by atoms with Gasteiger partial charge in [0.1, 0.15) is 28.3 Å². The normalized spacial score (nSPS) is 16.0. The van der Waals surface area contributed by atoms with Crippen molar-refractivity contribution in [2.24, 2.45) is 0 Å². The number of methoxy groups -OCH3 is 2. The summed E-state index contributed by atoms with van der Waals surface area (Å²) in [5, 5.41) is 9.34. The van der Waals surface area contributed by atoms with E-state index < -0.39 is 14.1 Å². The lowest BCUT2D eigenvalue weighted by Crippen LogP contribution is -2.42. The number of rotatable bonds is 19. The Kier molecular flexibility index (Phi) is 14.9. The average molecular weight is 871 g/mol. The van der Waals surface area contributed by atoms with Crippen molar-refractivity contribution in [1.82, 2.24) is 14.6 Å². The molecule has 0 aromatic heterocycles. The first-order valence-corrected chi connectivity index (χ1v) is 22.5. The Hall–Kier alpha value is -5.67. The second kappa shape index (κ2) is 20.7. The zero-order valence-corrected chi connectivity index (χ0v) is 37.6. The van der Waals surface area contributed by atoms with E-state index in [-0.39, 0.29) is 61.6 Å². The first-order valence-electron chi connectivity index (χ1n) is 21.4. The average Bonchev–Trinajstić information content (AvgIpc) is 3.70. The van der Waals surface area contributed by atoms with Crippen LogP contribution in [0.1, 0.15) is 69.2 Å². The molecule has 1 amide bonds. The standard InChI is InChI=1S/C50H55N4O8P/c1-34(2)54(35(3)4)63(60-28-10-27-51)62-44-30-40(53(32-44)49(56)26-14-36-13-25-47-46(29-36)52-45-24-19-41(55)31-48(45)61-47)33-59-50(37-11-8-7-9-12-37,38-15-20-42(57-5)21-16-38)39-17-22-43(58-6)23-18-39/h7-9,11-13,15-25,29,31,34-35,40,44H,10,14,26,28,30,32-33H2,1-6H3/t40-,44+,63?/m0/s1. The molecule has 4 aromatic rings. The molecule has 1 fully saturated rings. The monoisotopic (exact) mass is 870 g/mol. The van der Waals surface area contributed by atoms with Gasteiger partial charge >= 0.3 is 0 Å². The van der Waals surface area contributed by atoms with Crippen LogP contribution in [-0.2, 0) is 30.6 Å². The topological polar surface area (TPSA) is 137 Å². The van der Waals surface area contributed by atoms with E-state index >= 15 is 0 Å². The molecule has 7 rings (SSSR count). The second-order valence-corrected chi connectivity index (χ2v) is 17.6. The minimum absolute atomic E-state index is 0.0348. The molecule has 13 heteroatoms. The summed E-state index contributed by atoms with van der Waals surface area (Å²) in [6.45, 7) is 9.20. The Labute approximate surface area is 370 Å². The quantitative estimate of drug-likeness (QED) is 0.0333. The van der Waals surface area contributed by atoms with Gasteiger partial charge in [0.2, 0.25) is 5.91 Å². The maximum atomic E-state index is 14.6. The number of fused-ring (bicyclic) bond motifs is 2. The van der Waals surface area contributed by atoms with E-state index in [1.165, 1.54) is 12.1 Å². The van der Waals surface area contributed by atoms with Crippen molar-refractivity contribution in [3.05, 3.63) is 148 Å². The predicted octanol–water partition coefficient (Wildman–Crippen LogP) is 9.51. The van der Waals surface area contributed by atoms with Gasteiger partial charge in [-0.1, -0.05) is 60.7 Å². The van der Waals surface area contributed by atoms with Crippen LogP contribution in [0.2, 0.25) is 0 Å². The number of benzene rings is 5. The molecule has 3 atom stereocenters. The van der Waals surface area contributed by atoms with Crippen molar-refractivity contribution < 1.29 is 32.5 Å². The lowest BCUT2D eigenvalue weighted by atomic mass is 9.80. The van der Waals surface area contributed by atoms with Crippen molar-refractivity contribution in [2.75, 3.05) is 34.0 Å². The molecule has 1 unspecified atom stereocenters. The minimum Gasteiger partial charge on any atom is -0.497 e. The fourth-order valence-electron chi connectivity index (χ4n) is 8.33. The van der Waals surface area contributed by atoms with Crippen LogP contribution in [0, 0.1) is 11.3 Å². The first kappa shape index (κ1) is 45.4. The molecule has 3 aliphatic rings. The fourth-order valence-corrected chi connectivity index (χ4v) is 10.0. The molecule has 12 nitrogen and oxygen atoms in total. The van der Waals surface area contributed by atoms with Crippen molar-refractivity contribution in [3.63, 3.8) is 0 Å². The Morgan fingerprint density at radius 3 is 2.16 bits per heavy atom. The molecule has 1 saturated heterocycles. The summed E-state index contributed by atoms with van der Waals surface area (Å²) in [6.07, 6.45) is 1.08. The number of aromatic nitrogens is 1. The largest absolute Gasteiger partial charge is 0.497 e.